The van der Waals surface area contributed by atoms with Crippen LogP contribution in [0.1, 0.15) is 0 Å². The molecule has 0 fully saturated rings. The van der Waals surface area contributed by atoms with Crippen LogP contribution in [0.3, 0.4) is 0 Å². The van der Waals surface area contributed by atoms with Crippen LogP contribution in [0.15, 0.2) is 0 Å². The molecule has 0 aliphatic heterocycles. The molecular formula is C3H7IN2OS. The Kier molecular flexibility index (Phi) is 4.92. The van der Waals surface area contributed by atoms with Crippen molar-refractivity contribution in [1.82, 2.24) is 5.43 Å². The molecule has 0 rings (SSSR count). The van der Waals surface area contributed by atoms with Crippen LogP contribution in [0.25, 0.3) is 0 Å². The van der Waals surface area contributed by atoms with E-state index in [1.807, 2.05) is 0 Å². The summed E-state index contributed by atoms with van der Waals surface area (Å²) in [6.07, 6.45) is 0. The van der Waals surface area contributed by atoms with Gasteiger partial charge in [0.25, 0.3) is 0 Å². The molecule has 0 spiro atoms. The lowest BCUT2D eigenvalue weighted by molar-refractivity contribution is -0.110. The summed E-state index contributed by atoms with van der Waals surface area (Å²) in [5.41, 5.74) is 2.32. The number of carbonyl (C=O) groups excluding carboxylic acids is 1. The van der Waals surface area contributed by atoms with Gasteiger partial charge in [-0.1, -0.05) is 0 Å². The molecule has 0 aromatic rings. The monoisotopic (exact) mass is 246 g/mol. The van der Waals surface area contributed by atoms with Crippen LogP contribution < -0.4 is 11.3 Å². The van der Waals surface area contributed by atoms with Gasteiger partial charge in [0.2, 0.25) is 3.79 Å². The Morgan fingerprint density at radius 2 is 2.50 bits per heavy atom. The lowest BCUT2D eigenvalue weighted by Crippen LogP contribution is -2.40. The van der Waals surface area contributed by atoms with Crippen molar-refractivity contribution in [2.45, 2.75) is 6.04 Å². The highest BCUT2D eigenvalue weighted by Crippen LogP contribution is 1.94. The van der Waals surface area contributed by atoms with Gasteiger partial charge in [0, 0.05) is 28.3 Å². The molecule has 0 aliphatic rings. The van der Waals surface area contributed by atoms with E-state index in [1.165, 1.54) is 0 Å². The Morgan fingerprint density at radius 1 is 2.00 bits per heavy atom. The summed E-state index contributed by atoms with van der Waals surface area (Å²) in [5, 5.41) is 0. The second kappa shape index (κ2) is 4.54. The maximum Gasteiger partial charge on any atom is 0.211 e. The van der Waals surface area contributed by atoms with Gasteiger partial charge >= 0.3 is 0 Å². The summed E-state index contributed by atoms with van der Waals surface area (Å²) in [6, 6.07) is -0.307. The van der Waals surface area contributed by atoms with E-state index in [0.29, 0.717) is 5.75 Å². The number of nitrogens with two attached hydrogens (primary N) is 1. The number of carbonyl (C=O) groups is 1. The summed E-state index contributed by atoms with van der Waals surface area (Å²) in [4.78, 5) is 10.4. The Bertz CT molecular complexity index is 85.4. The molecule has 0 aromatic heterocycles. The lowest BCUT2D eigenvalue weighted by atomic mass is 10.4. The second-order valence-electron chi connectivity index (χ2n) is 1.21. The van der Waals surface area contributed by atoms with Gasteiger partial charge in [-0.2, -0.15) is 12.6 Å². The van der Waals surface area contributed by atoms with Crippen molar-refractivity contribution in [2.75, 3.05) is 5.75 Å². The van der Waals surface area contributed by atoms with Crippen LogP contribution in [0.5, 0.6) is 0 Å². The van der Waals surface area contributed by atoms with Gasteiger partial charge in [-0.3, -0.25) is 10.6 Å². The standard InChI is InChI=1S/C3H7IN2OS/c4-3(7)2(1-8)6-5/h2,6,8H,1,5H2/t2-/m0/s1. The first-order valence-electron chi connectivity index (χ1n) is 1.98. The van der Waals surface area contributed by atoms with E-state index in [2.05, 4.69) is 18.1 Å². The van der Waals surface area contributed by atoms with E-state index in [4.69, 9.17) is 5.84 Å². The summed E-state index contributed by atoms with van der Waals surface area (Å²) >= 11 is 5.54. The van der Waals surface area contributed by atoms with Crippen LogP contribution in [0, 0.1) is 0 Å². The molecule has 48 valence electrons. The van der Waals surface area contributed by atoms with Crippen LogP contribution >= 0.6 is 35.2 Å². The fourth-order valence-electron chi connectivity index (χ4n) is 0.190. The summed E-state index contributed by atoms with van der Waals surface area (Å²) in [7, 11) is 0. The van der Waals surface area contributed by atoms with Gasteiger partial charge in [0.05, 0.1) is 6.04 Å². The maximum atomic E-state index is 10.4. The number of hydrogen-bond donors (Lipinski definition) is 3. The summed E-state index contributed by atoms with van der Waals surface area (Å²) in [6.45, 7) is 0. The third-order valence-electron chi connectivity index (χ3n) is 0.658. The van der Waals surface area contributed by atoms with Crippen molar-refractivity contribution in [2.24, 2.45) is 5.84 Å². The molecule has 0 unspecified atom stereocenters. The molecule has 1 atom stereocenters. The average molecular weight is 246 g/mol. The van der Waals surface area contributed by atoms with E-state index in [1.54, 1.807) is 22.6 Å². The van der Waals surface area contributed by atoms with Crippen LogP contribution in [-0.2, 0) is 4.79 Å². The molecule has 0 aromatic carbocycles. The molecule has 0 bridgehead atoms. The molecule has 0 aliphatic carbocycles. The Hall–Kier alpha value is 0.670. The number of hydrazine groups is 1. The minimum absolute atomic E-state index is 0.0138. The fourth-order valence-corrected chi connectivity index (χ4v) is 1.21. The topological polar surface area (TPSA) is 55.1 Å². The predicted molar refractivity (Wildman–Crippen MR) is 44.0 cm³/mol. The highest BCUT2D eigenvalue weighted by molar-refractivity contribution is 14.1. The third kappa shape index (κ3) is 2.85. The zero-order valence-electron chi connectivity index (χ0n) is 4.10. The zero-order chi connectivity index (χ0) is 6.57. The maximum absolute atomic E-state index is 10.4. The SMILES string of the molecule is NN[C@@H](CS)C(=O)I. The number of thiol groups is 1. The van der Waals surface area contributed by atoms with Crippen molar-refractivity contribution in [3.63, 3.8) is 0 Å². The van der Waals surface area contributed by atoms with Crippen molar-refractivity contribution >= 4 is 39.0 Å². The smallest absolute Gasteiger partial charge is 0.211 e. The van der Waals surface area contributed by atoms with E-state index in [-0.39, 0.29) is 9.83 Å². The second-order valence-corrected chi connectivity index (χ2v) is 2.63. The van der Waals surface area contributed by atoms with Crippen LogP contribution in [0.2, 0.25) is 0 Å². The highest BCUT2D eigenvalue weighted by atomic mass is 127. The molecule has 0 saturated heterocycles. The molecule has 0 saturated carbocycles. The molecule has 0 amide bonds. The lowest BCUT2D eigenvalue weighted by Gasteiger charge is -2.04. The Balaban J connectivity index is 3.52. The molecule has 8 heavy (non-hydrogen) atoms. The fraction of sp³-hybridized carbons (Fsp3) is 0.667. The summed E-state index contributed by atoms with van der Waals surface area (Å²) < 4.78 is -0.0138. The average Bonchev–Trinajstić information content (AvgIpc) is 1.69. The van der Waals surface area contributed by atoms with E-state index in [0.717, 1.165) is 0 Å². The molecule has 0 radical (unpaired) electrons. The van der Waals surface area contributed by atoms with Gasteiger partial charge in [-0.15, -0.1) is 0 Å². The normalized spacial score (nSPS) is 13.4. The number of rotatable bonds is 3. The van der Waals surface area contributed by atoms with Crippen LogP contribution in [0.4, 0.5) is 0 Å². The van der Waals surface area contributed by atoms with Gasteiger partial charge in [-0.05, 0) is 0 Å². The van der Waals surface area contributed by atoms with Crippen molar-refractivity contribution in [1.29, 1.82) is 0 Å². The van der Waals surface area contributed by atoms with E-state index < -0.39 is 0 Å². The van der Waals surface area contributed by atoms with Gasteiger partial charge in [0.1, 0.15) is 0 Å². The van der Waals surface area contributed by atoms with Gasteiger partial charge < -0.3 is 0 Å². The van der Waals surface area contributed by atoms with E-state index in [9.17, 15) is 4.79 Å². The third-order valence-corrected chi connectivity index (χ3v) is 1.77. The van der Waals surface area contributed by atoms with Crippen molar-refractivity contribution in [3.8, 4) is 0 Å². The molecular weight excluding hydrogens is 239 g/mol. The minimum atomic E-state index is -0.307. The predicted octanol–water partition coefficient (Wildman–Crippen LogP) is -0.290. The Labute approximate surface area is 66.9 Å². The first-order valence-corrected chi connectivity index (χ1v) is 3.69. The molecule has 3 N–H and O–H groups in total. The first kappa shape index (κ1) is 8.67. The Morgan fingerprint density at radius 3 is 2.50 bits per heavy atom. The zero-order valence-corrected chi connectivity index (χ0v) is 7.15. The first-order chi connectivity index (χ1) is 3.72. The van der Waals surface area contributed by atoms with E-state index >= 15 is 0 Å². The van der Waals surface area contributed by atoms with Gasteiger partial charge in [-0.25, -0.2) is 5.43 Å². The van der Waals surface area contributed by atoms with Crippen LogP contribution in [-0.4, -0.2) is 15.6 Å². The van der Waals surface area contributed by atoms with Crippen molar-refractivity contribution in [3.05, 3.63) is 0 Å². The quantitative estimate of drug-likeness (QED) is 0.211. The summed E-state index contributed by atoms with van der Waals surface area (Å²) in [5.74, 6) is 5.40. The minimum Gasteiger partial charge on any atom is -0.286 e. The number of hydrogen-bond acceptors (Lipinski definition) is 4. The largest absolute Gasteiger partial charge is 0.286 e. The number of halogens is 1. The molecule has 0 heterocycles. The number of nitrogens with one attached hydrogen (secondary N) is 1. The molecule has 3 nitrogen and oxygen atoms in total. The van der Waals surface area contributed by atoms with Gasteiger partial charge in [0.15, 0.2) is 0 Å². The molecule has 5 heteroatoms. The highest BCUT2D eigenvalue weighted by Gasteiger charge is 2.09. The van der Waals surface area contributed by atoms with Crippen molar-refractivity contribution < 1.29 is 4.79 Å².